The Kier molecular flexibility index (Phi) is 10.5. The van der Waals surface area contributed by atoms with Crippen LogP contribution in [0.5, 0.6) is 0 Å². The zero-order chi connectivity index (χ0) is 21.2. The van der Waals surface area contributed by atoms with Crippen molar-refractivity contribution in [2.24, 2.45) is 4.99 Å². The molecule has 1 fully saturated rings. The van der Waals surface area contributed by atoms with Crippen molar-refractivity contribution in [2.75, 3.05) is 39.3 Å². The number of nitrogens with one attached hydrogen (secondary N) is 1. The van der Waals surface area contributed by atoms with Crippen molar-refractivity contribution in [2.45, 2.75) is 33.4 Å². The number of rotatable bonds is 7. The van der Waals surface area contributed by atoms with E-state index in [0.717, 1.165) is 36.9 Å². The van der Waals surface area contributed by atoms with Gasteiger partial charge in [-0.15, -0.1) is 34.2 Å². The van der Waals surface area contributed by atoms with Gasteiger partial charge < -0.3 is 24.4 Å². The van der Waals surface area contributed by atoms with Gasteiger partial charge in [-0.2, -0.15) is 0 Å². The Labute approximate surface area is 200 Å². The number of amides is 1. The highest BCUT2D eigenvalue weighted by atomic mass is 127. The first-order valence-electron chi connectivity index (χ1n) is 10.6. The lowest BCUT2D eigenvalue weighted by molar-refractivity contribution is 0.0914. The summed E-state index contributed by atoms with van der Waals surface area (Å²) in [5.41, 5.74) is 1.16. The third-order valence-corrected chi connectivity index (χ3v) is 5.01. The molecule has 1 aromatic heterocycles. The number of halogens is 1. The maximum atomic E-state index is 12.0. The standard InChI is InChI=1S/C21H31N7O2.HI/c1-3-19-25-24-17-28(19)11-10-22-20(23-16-18-8-6-5-7-9-18)26-12-14-27(15-13-26)21(29)30-4-2;/h5-9,17H,3-4,10-16H2,1-2H3,(H,22,23);1H. The van der Waals surface area contributed by atoms with Crippen molar-refractivity contribution in [1.29, 1.82) is 0 Å². The van der Waals surface area contributed by atoms with Crippen LogP contribution in [0.2, 0.25) is 0 Å². The quantitative estimate of drug-likeness (QED) is 0.329. The molecule has 2 aromatic rings. The predicted molar refractivity (Wildman–Crippen MR) is 131 cm³/mol. The summed E-state index contributed by atoms with van der Waals surface area (Å²) in [7, 11) is 0. The number of aryl methyl sites for hydroxylation is 1. The fourth-order valence-corrected chi connectivity index (χ4v) is 3.36. The molecule has 1 N–H and O–H groups in total. The van der Waals surface area contributed by atoms with Gasteiger partial charge in [0.2, 0.25) is 0 Å². The summed E-state index contributed by atoms with van der Waals surface area (Å²) < 4.78 is 7.17. The molecule has 0 saturated carbocycles. The molecule has 0 aliphatic carbocycles. The minimum absolute atomic E-state index is 0. The first-order chi connectivity index (χ1) is 14.7. The molecule has 31 heavy (non-hydrogen) atoms. The van der Waals surface area contributed by atoms with E-state index in [4.69, 9.17) is 9.73 Å². The van der Waals surface area contributed by atoms with Crippen LogP contribution in [0.3, 0.4) is 0 Å². The van der Waals surface area contributed by atoms with Gasteiger partial charge in [0.1, 0.15) is 12.2 Å². The maximum absolute atomic E-state index is 12.0. The summed E-state index contributed by atoms with van der Waals surface area (Å²) in [6, 6.07) is 10.2. The molecule has 0 atom stereocenters. The van der Waals surface area contributed by atoms with Crippen molar-refractivity contribution in [3.63, 3.8) is 0 Å². The Balaban J connectivity index is 0.00000341. The molecule has 2 heterocycles. The Morgan fingerprint density at radius 2 is 1.84 bits per heavy atom. The van der Waals surface area contributed by atoms with Crippen LogP contribution in [0.25, 0.3) is 0 Å². The smallest absolute Gasteiger partial charge is 0.409 e. The second kappa shape index (κ2) is 13.1. The molecule has 3 rings (SSSR count). The minimum Gasteiger partial charge on any atom is -0.450 e. The summed E-state index contributed by atoms with van der Waals surface area (Å²) >= 11 is 0. The molecule has 0 bridgehead atoms. The normalized spacial score (nSPS) is 14.2. The lowest BCUT2D eigenvalue weighted by atomic mass is 10.2. The lowest BCUT2D eigenvalue weighted by Gasteiger charge is -2.36. The van der Waals surface area contributed by atoms with Gasteiger partial charge in [0, 0.05) is 45.7 Å². The molecular weight excluding hydrogens is 509 g/mol. The van der Waals surface area contributed by atoms with E-state index in [1.165, 1.54) is 0 Å². The van der Waals surface area contributed by atoms with Gasteiger partial charge >= 0.3 is 6.09 Å². The topological polar surface area (TPSA) is 87.9 Å². The minimum atomic E-state index is -0.243. The van der Waals surface area contributed by atoms with Crippen LogP contribution < -0.4 is 5.32 Å². The van der Waals surface area contributed by atoms with Crippen LogP contribution in [0.4, 0.5) is 4.79 Å². The average molecular weight is 541 g/mol. The molecule has 170 valence electrons. The zero-order valence-electron chi connectivity index (χ0n) is 18.2. The van der Waals surface area contributed by atoms with Crippen molar-refractivity contribution in [1.82, 2.24) is 29.9 Å². The van der Waals surface area contributed by atoms with Crippen LogP contribution in [-0.2, 0) is 24.2 Å². The molecule has 9 nitrogen and oxygen atoms in total. The van der Waals surface area contributed by atoms with E-state index in [2.05, 4.69) is 44.0 Å². The second-order valence-electron chi connectivity index (χ2n) is 7.02. The molecule has 1 amide bonds. The number of ether oxygens (including phenoxy) is 1. The van der Waals surface area contributed by atoms with Gasteiger partial charge in [-0.25, -0.2) is 9.79 Å². The highest BCUT2D eigenvalue weighted by molar-refractivity contribution is 14.0. The monoisotopic (exact) mass is 541 g/mol. The molecule has 0 spiro atoms. The van der Waals surface area contributed by atoms with Crippen molar-refractivity contribution in [3.8, 4) is 0 Å². The third-order valence-electron chi connectivity index (χ3n) is 5.01. The molecule has 1 saturated heterocycles. The fraction of sp³-hybridized carbons (Fsp3) is 0.524. The number of carbonyl (C=O) groups excluding carboxylic acids is 1. The summed E-state index contributed by atoms with van der Waals surface area (Å²) in [6.07, 6.45) is 2.37. The Morgan fingerprint density at radius 3 is 2.52 bits per heavy atom. The number of hydrogen-bond acceptors (Lipinski definition) is 5. The van der Waals surface area contributed by atoms with E-state index in [1.807, 2.05) is 25.1 Å². The molecule has 10 heteroatoms. The highest BCUT2D eigenvalue weighted by Crippen LogP contribution is 2.07. The predicted octanol–water partition coefficient (Wildman–Crippen LogP) is 2.38. The number of aromatic nitrogens is 3. The van der Waals surface area contributed by atoms with Crippen LogP contribution in [0.1, 0.15) is 25.2 Å². The first-order valence-corrected chi connectivity index (χ1v) is 10.6. The lowest BCUT2D eigenvalue weighted by Crippen LogP contribution is -2.54. The molecule has 1 aliphatic rings. The van der Waals surface area contributed by atoms with E-state index >= 15 is 0 Å². The number of nitrogens with zero attached hydrogens (tertiary/aromatic N) is 6. The van der Waals surface area contributed by atoms with Gasteiger partial charge in [0.05, 0.1) is 13.2 Å². The summed E-state index contributed by atoms with van der Waals surface area (Å²) in [4.78, 5) is 20.8. The van der Waals surface area contributed by atoms with Crippen LogP contribution in [0.15, 0.2) is 41.7 Å². The fourth-order valence-electron chi connectivity index (χ4n) is 3.36. The highest BCUT2D eigenvalue weighted by Gasteiger charge is 2.23. The Morgan fingerprint density at radius 1 is 1.13 bits per heavy atom. The largest absolute Gasteiger partial charge is 0.450 e. The van der Waals surface area contributed by atoms with Crippen LogP contribution in [0, 0.1) is 0 Å². The van der Waals surface area contributed by atoms with Gasteiger partial charge in [-0.3, -0.25) is 0 Å². The third kappa shape index (κ3) is 7.37. The SMILES string of the molecule is CCOC(=O)N1CCN(C(=NCc2ccccc2)NCCn2cnnc2CC)CC1.I. The van der Waals surface area contributed by atoms with Gasteiger partial charge in [-0.05, 0) is 12.5 Å². The number of piperazine rings is 1. The number of carbonyl (C=O) groups is 1. The zero-order valence-corrected chi connectivity index (χ0v) is 20.6. The van der Waals surface area contributed by atoms with Crippen molar-refractivity contribution >= 4 is 36.0 Å². The van der Waals surface area contributed by atoms with Crippen LogP contribution >= 0.6 is 24.0 Å². The van der Waals surface area contributed by atoms with E-state index < -0.39 is 0 Å². The van der Waals surface area contributed by atoms with Gasteiger partial charge in [0.25, 0.3) is 0 Å². The Hall–Kier alpha value is -2.37. The summed E-state index contributed by atoms with van der Waals surface area (Å²) in [5, 5.41) is 11.6. The van der Waals surface area contributed by atoms with E-state index in [0.29, 0.717) is 39.3 Å². The van der Waals surface area contributed by atoms with Gasteiger partial charge in [-0.1, -0.05) is 37.3 Å². The number of guanidine groups is 1. The number of benzene rings is 1. The first kappa shape index (κ1) is 24.9. The van der Waals surface area contributed by atoms with E-state index in [1.54, 1.807) is 11.2 Å². The molecule has 0 radical (unpaired) electrons. The van der Waals surface area contributed by atoms with Crippen molar-refractivity contribution < 1.29 is 9.53 Å². The van der Waals surface area contributed by atoms with E-state index in [-0.39, 0.29) is 30.1 Å². The maximum Gasteiger partial charge on any atom is 0.409 e. The molecule has 1 aliphatic heterocycles. The summed E-state index contributed by atoms with van der Waals surface area (Å²) in [5.74, 6) is 1.83. The molecule has 1 aromatic carbocycles. The van der Waals surface area contributed by atoms with E-state index in [9.17, 15) is 4.79 Å². The number of aliphatic imine (C=N–C) groups is 1. The van der Waals surface area contributed by atoms with Crippen LogP contribution in [-0.4, -0.2) is 75.9 Å². The second-order valence-corrected chi connectivity index (χ2v) is 7.02. The van der Waals surface area contributed by atoms with Gasteiger partial charge in [0.15, 0.2) is 5.96 Å². The molecular formula is C21H32IN7O2. The average Bonchev–Trinajstić information content (AvgIpc) is 3.24. The summed E-state index contributed by atoms with van der Waals surface area (Å²) in [6.45, 7) is 9.06. The molecule has 0 unspecified atom stereocenters. The Bertz CT molecular complexity index is 820. The van der Waals surface area contributed by atoms with Crippen molar-refractivity contribution in [3.05, 3.63) is 48.0 Å². The number of hydrogen-bond donors (Lipinski definition) is 1.